The van der Waals surface area contributed by atoms with Gasteiger partial charge in [0.1, 0.15) is 0 Å². The van der Waals surface area contributed by atoms with Crippen molar-refractivity contribution in [3.05, 3.63) is 30.1 Å². The first-order valence-corrected chi connectivity index (χ1v) is 6.25. The van der Waals surface area contributed by atoms with Crippen LogP contribution in [0.2, 0.25) is 0 Å². The molecule has 5 N–H and O–H groups in total. The number of aliphatic carboxylic acids is 1. The van der Waals surface area contributed by atoms with Gasteiger partial charge in [0.2, 0.25) is 0 Å². The van der Waals surface area contributed by atoms with Gasteiger partial charge in [-0.1, -0.05) is 6.07 Å². The van der Waals surface area contributed by atoms with Gasteiger partial charge in [0.05, 0.1) is 23.8 Å². The Morgan fingerprint density at radius 1 is 1.53 bits per heavy atom. The molecule has 0 spiro atoms. The molecule has 1 unspecified atom stereocenters. The van der Waals surface area contributed by atoms with E-state index in [9.17, 15) is 4.79 Å². The van der Waals surface area contributed by atoms with Gasteiger partial charge in [0, 0.05) is 12.6 Å². The van der Waals surface area contributed by atoms with Crippen molar-refractivity contribution in [2.75, 3.05) is 13.1 Å². The van der Waals surface area contributed by atoms with Crippen molar-refractivity contribution >= 4 is 17.0 Å². The number of hydrogen-bond donors (Lipinski definition) is 4. The summed E-state index contributed by atoms with van der Waals surface area (Å²) in [5.41, 5.74) is 8.85. The number of rotatable bonds is 7. The third-order valence-corrected chi connectivity index (χ3v) is 2.92. The summed E-state index contributed by atoms with van der Waals surface area (Å²) in [6.07, 6.45) is 2.54. The number of carbonyl (C=O) groups is 1. The molecule has 1 atom stereocenters. The van der Waals surface area contributed by atoms with Crippen molar-refractivity contribution in [1.82, 2.24) is 15.3 Å². The van der Waals surface area contributed by atoms with E-state index >= 15 is 0 Å². The van der Waals surface area contributed by atoms with E-state index in [0.29, 0.717) is 6.54 Å². The lowest BCUT2D eigenvalue weighted by molar-refractivity contribution is -0.137. The third-order valence-electron chi connectivity index (χ3n) is 2.92. The first kappa shape index (κ1) is 13.5. The lowest BCUT2D eigenvalue weighted by Gasteiger charge is -2.10. The number of carboxylic acid groups (broad SMARTS) is 1. The highest BCUT2D eigenvalue weighted by Gasteiger charge is 2.06. The Balaban J connectivity index is 1.74. The van der Waals surface area contributed by atoms with Crippen LogP contribution in [0.25, 0.3) is 11.0 Å². The van der Waals surface area contributed by atoms with Crippen molar-refractivity contribution in [2.45, 2.75) is 18.9 Å². The third kappa shape index (κ3) is 4.04. The van der Waals surface area contributed by atoms with Gasteiger partial charge in [-0.3, -0.25) is 4.79 Å². The number of nitrogens with two attached hydrogens (primary N) is 1. The van der Waals surface area contributed by atoms with Gasteiger partial charge >= 0.3 is 5.97 Å². The number of carboxylic acids is 1. The monoisotopic (exact) mass is 262 g/mol. The van der Waals surface area contributed by atoms with Crippen LogP contribution in [-0.4, -0.2) is 40.2 Å². The number of nitrogens with one attached hydrogen (secondary N) is 2. The zero-order valence-corrected chi connectivity index (χ0v) is 10.6. The summed E-state index contributed by atoms with van der Waals surface area (Å²) >= 11 is 0. The average Bonchev–Trinajstić information content (AvgIpc) is 2.81. The zero-order chi connectivity index (χ0) is 13.7. The van der Waals surface area contributed by atoms with Gasteiger partial charge in [-0.15, -0.1) is 0 Å². The van der Waals surface area contributed by atoms with Crippen LogP contribution in [0.3, 0.4) is 0 Å². The molecular weight excluding hydrogens is 244 g/mol. The van der Waals surface area contributed by atoms with Crippen molar-refractivity contribution in [3.63, 3.8) is 0 Å². The molecule has 1 aromatic heterocycles. The minimum absolute atomic E-state index is 0.00684. The van der Waals surface area contributed by atoms with Crippen LogP contribution in [0.5, 0.6) is 0 Å². The topological polar surface area (TPSA) is 104 Å². The predicted octanol–water partition coefficient (Wildman–Crippen LogP) is 0.497. The summed E-state index contributed by atoms with van der Waals surface area (Å²) in [6, 6.07) is 5.76. The second-order valence-corrected chi connectivity index (χ2v) is 4.57. The molecule has 2 aromatic rings. The molecule has 0 aliphatic rings. The van der Waals surface area contributed by atoms with E-state index in [-0.39, 0.29) is 12.5 Å². The molecule has 6 nitrogen and oxygen atoms in total. The van der Waals surface area contributed by atoms with Crippen LogP contribution in [0.4, 0.5) is 0 Å². The first-order chi connectivity index (χ1) is 9.15. The molecule has 0 saturated heterocycles. The van der Waals surface area contributed by atoms with Gasteiger partial charge in [-0.2, -0.15) is 0 Å². The van der Waals surface area contributed by atoms with Gasteiger partial charge in [-0.25, -0.2) is 4.98 Å². The number of hydrogen-bond acceptors (Lipinski definition) is 4. The van der Waals surface area contributed by atoms with Gasteiger partial charge < -0.3 is 21.1 Å². The maximum atomic E-state index is 10.4. The fourth-order valence-electron chi connectivity index (χ4n) is 1.95. The lowest BCUT2D eigenvalue weighted by atomic mass is 10.1. The molecule has 2 rings (SSSR count). The van der Waals surface area contributed by atoms with E-state index in [0.717, 1.165) is 24.0 Å². The fraction of sp³-hybridized carbons (Fsp3) is 0.385. The number of imidazole rings is 1. The molecule has 0 aliphatic carbocycles. The van der Waals surface area contributed by atoms with Crippen LogP contribution in [0.15, 0.2) is 24.5 Å². The van der Waals surface area contributed by atoms with Crippen molar-refractivity contribution in [1.29, 1.82) is 0 Å². The summed E-state index contributed by atoms with van der Waals surface area (Å²) in [7, 11) is 0. The van der Waals surface area contributed by atoms with Crippen molar-refractivity contribution in [2.24, 2.45) is 5.73 Å². The molecule has 19 heavy (non-hydrogen) atoms. The zero-order valence-electron chi connectivity index (χ0n) is 10.6. The second kappa shape index (κ2) is 6.31. The Bertz CT molecular complexity index is 552. The van der Waals surface area contributed by atoms with Crippen LogP contribution in [0, 0.1) is 0 Å². The summed E-state index contributed by atoms with van der Waals surface area (Å²) in [5, 5.41) is 11.7. The molecule has 0 amide bonds. The normalized spacial score (nSPS) is 12.7. The molecule has 102 valence electrons. The summed E-state index contributed by atoms with van der Waals surface area (Å²) in [4.78, 5) is 17.7. The molecule has 6 heteroatoms. The van der Waals surface area contributed by atoms with Crippen molar-refractivity contribution < 1.29 is 9.90 Å². The fourth-order valence-corrected chi connectivity index (χ4v) is 1.95. The smallest absolute Gasteiger partial charge is 0.304 e. The quantitative estimate of drug-likeness (QED) is 0.544. The molecule has 0 aliphatic heterocycles. The Kier molecular flexibility index (Phi) is 4.48. The second-order valence-electron chi connectivity index (χ2n) is 4.57. The van der Waals surface area contributed by atoms with Crippen LogP contribution < -0.4 is 11.1 Å². The highest BCUT2D eigenvalue weighted by Crippen LogP contribution is 2.11. The number of fused-ring (bicyclic) bond motifs is 1. The maximum absolute atomic E-state index is 10.4. The van der Waals surface area contributed by atoms with E-state index in [2.05, 4.69) is 21.4 Å². The first-order valence-electron chi connectivity index (χ1n) is 6.25. The lowest BCUT2D eigenvalue weighted by Crippen LogP contribution is -2.36. The number of benzene rings is 1. The Morgan fingerprint density at radius 3 is 3.16 bits per heavy atom. The van der Waals surface area contributed by atoms with Crippen molar-refractivity contribution in [3.8, 4) is 0 Å². The van der Waals surface area contributed by atoms with E-state index in [1.165, 1.54) is 5.56 Å². The van der Waals surface area contributed by atoms with Gasteiger partial charge in [0.25, 0.3) is 0 Å². The standard InChI is InChI=1S/C13H18N4O2/c14-10(6-13(18)19)7-15-4-3-9-1-2-11-12(5-9)17-8-16-11/h1-2,5,8,10,15H,3-4,6-7,14H2,(H,16,17)(H,18,19). The van der Waals surface area contributed by atoms with Gasteiger partial charge in [-0.05, 0) is 30.7 Å². The van der Waals surface area contributed by atoms with E-state index in [1.807, 2.05) is 12.1 Å². The van der Waals surface area contributed by atoms with E-state index < -0.39 is 5.97 Å². The van der Waals surface area contributed by atoms with Gasteiger partial charge in [0.15, 0.2) is 0 Å². The summed E-state index contributed by atoms with van der Waals surface area (Å²) in [6.45, 7) is 1.28. The molecular formula is C13H18N4O2. The molecule has 0 fully saturated rings. The molecule has 0 radical (unpaired) electrons. The predicted molar refractivity (Wildman–Crippen MR) is 72.9 cm³/mol. The van der Waals surface area contributed by atoms with Crippen LogP contribution in [-0.2, 0) is 11.2 Å². The average molecular weight is 262 g/mol. The highest BCUT2D eigenvalue weighted by molar-refractivity contribution is 5.75. The van der Waals surface area contributed by atoms with Crippen LogP contribution in [0.1, 0.15) is 12.0 Å². The molecule has 0 bridgehead atoms. The van der Waals surface area contributed by atoms with E-state index in [4.69, 9.17) is 10.8 Å². The SMILES string of the molecule is NC(CNCCc1ccc2nc[nH]c2c1)CC(=O)O. The largest absolute Gasteiger partial charge is 0.481 e. The highest BCUT2D eigenvalue weighted by atomic mass is 16.4. The summed E-state index contributed by atoms with van der Waals surface area (Å²) in [5.74, 6) is -0.862. The molecule has 1 aromatic carbocycles. The maximum Gasteiger partial charge on any atom is 0.304 e. The Hall–Kier alpha value is -1.92. The molecule has 0 saturated carbocycles. The number of aromatic amines is 1. The number of H-pyrrole nitrogens is 1. The Labute approximate surface area is 111 Å². The molecule has 1 heterocycles. The van der Waals surface area contributed by atoms with Crippen LogP contribution >= 0.6 is 0 Å². The Morgan fingerprint density at radius 2 is 2.37 bits per heavy atom. The minimum atomic E-state index is -0.862. The minimum Gasteiger partial charge on any atom is -0.481 e. The summed E-state index contributed by atoms with van der Waals surface area (Å²) < 4.78 is 0. The van der Waals surface area contributed by atoms with E-state index in [1.54, 1.807) is 6.33 Å². The number of nitrogens with zero attached hydrogens (tertiary/aromatic N) is 1. The number of aromatic nitrogens is 2.